The molecule has 2 aromatic heterocycles. The van der Waals surface area contributed by atoms with E-state index < -0.39 is 11.6 Å². The molecule has 2 rings (SSSR count). The van der Waals surface area contributed by atoms with Gasteiger partial charge in [-0.3, -0.25) is 19.8 Å². The van der Waals surface area contributed by atoms with Crippen molar-refractivity contribution in [1.82, 2.24) is 20.4 Å². The van der Waals surface area contributed by atoms with E-state index in [1.54, 1.807) is 0 Å². The monoisotopic (exact) mass is 190 g/mol. The van der Waals surface area contributed by atoms with Gasteiger partial charge in [0.15, 0.2) is 0 Å². The first kappa shape index (κ1) is 8.36. The van der Waals surface area contributed by atoms with Gasteiger partial charge in [0.25, 0.3) is 11.6 Å². The van der Waals surface area contributed by atoms with Gasteiger partial charge in [0.2, 0.25) is 0 Å². The van der Waals surface area contributed by atoms with Gasteiger partial charge in [0, 0.05) is 12.4 Å². The number of ketones is 2. The van der Waals surface area contributed by atoms with E-state index >= 15 is 0 Å². The van der Waals surface area contributed by atoms with Crippen molar-refractivity contribution in [2.75, 3.05) is 0 Å². The highest BCUT2D eigenvalue weighted by atomic mass is 16.2. The predicted molar refractivity (Wildman–Crippen MR) is 45.8 cm³/mol. The van der Waals surface area contributed by atoms with Crippen LogP contribution in [-0.2, 0) is 0 Å². The zero-order valence-corrected chi connectivity index (χ0v) is 7.02. The van der Waals surface area contributed by atoms with E-state index in [2.05, 4.69) is 20.4 Å². The smallest absolute Gasteiger partial charge is 0.252 e. The number of carbonyl (C=O) groups excluding carboxylic acids is 2. The molecule has 70 valence electrons. The van der Waals surface area contributed by atoms with Crippen LogP contribution in [0.15, 0.2) is 24.5 Å². The number of nitrogens with one attached hydrogen (secondary N) is 2. The molecule has 0 aliphatic rings. The molecule has 0 bridgehead atoms. The Hall–Kier alpha value is -2.24. The molecule has 0 atom stereocenters. The lowest BCUT2D eigenvalue weighted by atomic mass is 10.1. The van der Waals surface area contributed by atoms with Crippen molar-refractivity contribution in [2.45, 2.75) is 0 Å². The summed E-state index contributed by atoms with van der Waals surface area (Å²) in [6.07, 6.45) is 2.82. The van der Waals surface area contributed by atoms with Crippen LogP contribution in [0.2, 0.25) is 0 Å². The fraction of sp³-hybridized carbons (Fsp3) is 0. The normalized spacial score (nSPS) is 10.0. The number of hydrogen-bond acceptors (Lipinski definition) is 4. The molecular formula is C8H6N4O2. The highest BCUT2D eigenvalue weighted by Gasteiger charge is 2.20. The lowest BCUT2D eigenvalue weighted by Gasteiger charge is -1.92. The molecule has 0 fully saturated rings. The first-order chi connectivity index (χ1) is 6.79. The molecule has 0 aliphatic heterocycles. The zero-order chi connectivity index (χ0) is 9.97. The molecule has 0 spiro atoms. The molecule has 0 amide bonds. The van der Waals surface area contributed by atoms with Crippen LogP contribution in [0.25, 0.3) is 0 Å². The van der Waals surface area contributed by atoms with E-state index in [9.17, 15) is 9.59 Å². The summed E-state index contributed by atoms with van der Waals surface area (Å²) in [5.41, 5.74) is 0.342. The Labute approximate surface area is 78.3 Å². The van der Waals surface area contributed by atoms with Crippen LogP contribution in [0, 0.1) is 0 Å². The van der Waals surface area contributed by atoms with Crippen LogP contribution >= 0.6 is 0 Å². The molecule has 0 radical (unpaired) electrons. The van der Waals surface area contributed by atoms with Crippen LogP contribution in [0.5, 0.6) is 0 Å². The van der Waals surface area contributed by atoms with Crippen molar-refractivity contribution in [2.24, 2.45) is 0 Å². The van der Waals surface area contributed by atoms with E-state index in [4.69, 9.17) is 0 Å². The number of nitrogens with zero attached hydrogens (tertiary/aromatic N) is 2. The lowest BCUT2D eigenvalue weighted by molar-refractivity contribution is 0.0811. The molecule has 6 heteroatoms. The van der Waals surface area contributed by atoms with E-state index in [0.717, 1.165) is 0 Å². The average Bonchev–Trinajstić information content (AvgIpc) is 2.87. The van der Waals surface area contributed by atoms with Crippen molar-refractivity contribution in [3.8, 4) is 0 Å². The molecule has 0 aliphatic carbocycles. The lowest BCUT2D eigenvalue weighted by Crippen LogP contribution is -2.15. The second-order valence-corrected chi connectivity index (χ2v) is 2.60. The first-order valence-corrected chi connectivity index (χ1v) is 3.87. The summed E-state index contributed by atoms with van der Waals surface area (Å²) in [6.45, 7) is 0. The van der Waals surface area contributed by atoms with Gasteiger partial charge >= 0.3 is 0 Å². The van der Waals surface area contributed by atoms with E-state index in [0.29, 0.717) is 0 Å². The number of aromatic nitrogens is 4. The quantitative estimate of drug-likeness (QED) is 0.534. The first-order valence-electron chi connectivity index (χ1n) is 3.87. The summed E-state index contributed by atoms with van der Waals surface area (Å²) >= 11 is 0. The number of hydrogen-bond donors (Lipinski definition) is 2. The molecule has 2 N–H and O–H groups in total. The van der Waals surface area contributed by atoms with E-state index in [-0.39, 0.29) is 11.4 Å². The SMILES string of the molecule is O=C(C(=O)c1ccn[nH]1)c1ccn[nH]1. The maximum absolute atomic E-state index is 11.4. The summed E-state index contributed by atoms with van der Waals surface area (Å²) in [6, 6.07) is 2.88. The summed E-state index contributed by atoms with van der Waals surface area (Å²) in [5.74, 6) is -1.27. The maximum atomic E-state index is 11.4. The Balaban J connectivity index is 2.26. The Morgan fingerprint density at radius 3 is 1.64 bits per heavy atom. The number of aromatic amines is 2. The highest BCUT2D eigenvalue weighted by Crippen LogP contribution is 2.01. The molecule has 0 saturated heterocycles. The van der Waals surface area contributed by atoms with Crippen molar-refractivity contribution in [3.05, 3.63) is 35.9 Å². The van der Waals surface area contributed by atoms with Crippen molar-refractivity contribution >= 4 is 11.6 Å². The summed E-state index contributed by atoms with van der Waals surface area (Å²) in [5, 5.41) is 12.0. The molecule has 0 saturated carbocycles. The number of rotatable bonds is 3. The third-order valence-electron chi connectivity index (χ3n) is 1.70. The fourth-order valence-electron chi connectivity index (χ4n) is 1.01. The van der Waals surface area contributed by atoms with Crippen molar-refractivity contribution < 1.29 is 9.59 Å². The second-order valence-electron chi connectivity index (χ2n) is 2.60. The average molecular weight is 190 g/mol. The topological polar surface area (TPSA) is 91.5 Å². The standard InChI is InChI=1S/C8H6N4O2/c13-7(5-1-3-9-11-5)8(14)6-2-4-10-12-6/h1-4H,(H,9,11)(H,10,12). The molecule has 14 heavy (non-hydrogen) atoms. The highest BCUT2D eigenvalue weighted by molar-refractivity contribution is 6.48. The number of carbonyl (C=O) groups is 2. The van der Waals surface area contributed by atoms with Crippen LogP contribution in [0.3, 0.4) is 0 Å². The van der Waals surface area contributed by atoms with Crippen molar-refractivity contribution in [3.63, 3.8) is 0 Å². The number of H-pyrrole nitrogens is 2. The zero-order valence-electron chi connectivity index (χ0n) is 7.02. The molecule has 0 aromatic carbocycles. The Morgan fingerprint density at radius 1 is 0.929 bits per heavy atom. The van der Waals surface area contributed by atoms with Crippen LogP contribution in [0.1, 0.15) is 21.0 Å². The Kier molecular flexibility index (Phi) is 1.94. The molecule has 6 nitrogen and oxygen atoms in total. The molecule has 0 unspecified atom stereocenters. The van der Waals surface area contributed by atoms with E-state index in [1.165, 1.54) is 24.5 Å². The van der Waals surface area contributed by atoms with Gasteiger partial charge in [-0.15, -0.1) is 0 Å². The minimum atomic E-state index is -0.633. The minimum Gasteiger partial charge on any atom is -0.283 e. The van der Waals surface area contributed by atoms with Crippen LogP contribution in [0.4, 0.5) is 0 Å². The predicted octanol–water partition coefficient (Wildman–Crippen LogP) is 0.198. The van der Waals surface area contributed by atoms with Gasteiger partial charge < -0.3 is 0 Å². The van der Waals surface area contributed by atoms with Gasteiger partial charge in [-0.1, -0.05) is 0 Å². The minimum absolute atomic E-state index is 0.171. The van der Waals surface area contributed by atoms with Gasteiger partial charge in [-0.25, -0.2) is 0 Å². The Morgan fingerprint density at radius 2 is 1.36 bits per heavy atom. The number of Topliss-reactive ketones (excluding diaryl/α,β-unsaturated/α-hetero) is 2. The molecule has 2 heterocycles. The van der Waals surface area contributed by atoms with Gasteiger partial charge in [-0.2, -0.15) is 10.2 Å². The van der Waals surface area contributed by atoms with Crippen LogP contribution in [-0.4, -0.2) is 32.0 Å². The Bertz CT molecular complexity index is 399. The van der Waals surface area contributed by atoms with Crippen molar-refractivity contribution in [1.29, 1.82) is 0 Å². The summed E-state index contributed by atoms with van der Waals surface area (Å²) in [7, 11) is 0. The maximum Gasteiger partial charge on any atom is 0.252 e. The molecular weight excluding hydrogens is 184 g/mol. The van der Waals surface area contributed by atoms with Crippen LogP contribution < -0.4 is 0 Å². The van der Waals surface area contributed by atoms with E-state index in [1.807, 2.05) is 0 Å². The second kappa shape index (κ2) is 3.25. The third-order valence-corrected chi connectivity index (χ3v) is 1.70. The third kappa shape index (κ3) is 1.33. The summed E-state index contributed by atoms with van der Waals surface area (Å²) < 4.78 is 0. The van der Waals surface area contributed by atoms with Gasteiger partial charge in [-0.05, 0) is 12.1 Å². The van der Waals surface area contributed by atoms with Gasteiger partial charge in [0.05, 0.1) is 0 Å². The molecule has 2 aromatic rings. The van der Waals surface area contributed by atoms with Gasteiger partial charge in [0.1, 0.15) is 11.4 Å². The summed E-state index contributed by atoms with van der Waals surface area (Å²) in [4.78, 5) is 22.9. The fourth-order valence-corrected chi connectivity index (χ4v) is 1.01. The largest absolute Gasteiger partial charge is 0.283 e.